The summed E-state index contributed by atoms with van der Waals surface area (Å²) in [6, 6.07) is 11.8. The third kappa shape index (κ3) is 4.00. The van der Waals surface area contributed by atoms with Gasteiger partial charge >= 0.3 is 0 Å². The zero-order chi connectivity index (χ0) is 18.7. The molecule has 0 aliphatic rings. The Morgan fingerprint density at radius 1 is 1.08 bits per heavy atom. The van der Waals surface area contributed by atoms with E-state index in [2.05, 4.69) is 22.5 Å². The summed E-state index contributed by atoms with van der Waals surface area (Å²) in [6.07, 6.45) is 5.69. The molecule has 0 amide bonds. The number of benzene rings is 2. The van der Waals surface area contributed by atoms with E-state index in [1.165, 1.54) is 11.3 Å². The fraction of sp³-hybridized carbons (Fsp3) is 0.0476. The van der Waals surface area contributed by atoms with Gasteiger partial charge in [0, 0.05) is 10.1 Å². The van der Waals surface area contributed by atoms with Gasteiger partial charge in [-0.05, 0) is 59.4 Å². The van der Waals surface area contributed by atoms with Crippen molar-refractivity contribution in [1.82, 2.24) is 0 Å². The van der Waals surface area contributed by atoms with Crippen LogP contribution in [0.3, 0.4) is 0 Å². The number of hydrogen-bond acceptors (Lipinski definition) is 4. The quantitative estimate of drug-likeness (QED) is 0.431. The lowest BCUT2D eigenvalue weighted by Crippen LogP contribution is -1.87. The van der Waals surface area contributed by atoms with Crippen LogP contribution in [-0.2, 0) is 0 Å². The van der Waals surface area contributed by atoms with Crippen LogP contribution < -0.4 is 4.74 Å². The second-order valence-corrected chi connectivity index (χ2v) is 7.92. The summed E-state index contributed by atoms with van der Waals surface area (Å²) < 4.78 is 8.06. The molecule has 3 rings (SSSR count). The van der Waals surface area contributed by atoms with Crippen LogP contribution >= 0.6 is 27.3 Å². The van der Waals surface area contributed by atoms with Crippen LogP contribution in [0.4, 0.5) is 0 Å². The lowest BCUT2D eigenvalue weighted by molar-refractivity contribution is 0.466. The van der Waals surface area contributed by atoms with Gasteiger partial charge in [0.2, 0.25) is 0 Å². The van der Waals surface area contributed by atoms with Gasteiger partial charge in [-0.3, -0.25) is 0 Å². The van der Waals surface area contributed by atoms with Gasteiger partial charge in [0.25, 0.3) is 0 Å². The number of aromatic hydroxyl groups is 2. The first kappa shape index (κ1) is 18.3. The van der Waals surface area contributed by atoms with Gasteiger partial charge < -0.3 is 14.9 Å². The van der Waals surface area contributed by atoms with Crippen LogP contribution in [0.2, 0.25) is 0 Å². The average Bonchev–Trinajstić information content (AvgIpc) is 2.94. The van der Waals surface area contributed by atoms with Gasteiger partial charge in [-0.15, -0.1) is 11.3 Å². The molecular weight excluding hydrogens is 412 g/mol. The van der Waals surface area contributed by atoms with E-state index in [1.807, 2.05) is 25.1 Å². The molecule has 0 atom stereocenters. The van der Waals surface area contributed by atoms with Crippen LogP contribution in [0.5, 0.6) is 23.0 Å². The van der Waals surface area contributed by atoms with Crippen molar-refractivity contribution < 1.29 is 14.9 Å². The minimum absolute atomic E-state index is 0.183. The maximum atomic E-state index is 9.81. The Kier molecular flexibility index (Phi) is 5.49. The summed E-state index contributed by atoms with van der Waals surface area (Å²) in [6.45, 7) is 5.87. The van der Waals surface area contributed by atoms with Crippen molar-refractivity contribution in [3.05, 3.63) is 76.6 Å². The molecule has 0 bridgehead atoms. The zero-order valence-corrected chi connectivity index (χ0v) is 16.5. The van der Waals surface area contributed by atoms with Crippen molar-refractivity contribution in [1.29, 1.82) is 0 Å². The molecule has 0 saturated heterocycles. The molecular formula is C21H17BrO3S. The van der Waals surface area contributed by atoms with Crippen LogP contribution in [0.15, 0.2) is 71.8 Å². The molecule has 3 aromatic rings. The highest BCUT2D eigenvalue weighted by atomic mass is 79.9. The van der Waals surface area contributed by atoms with Crippen molar-refractivity contribution >= 4 is 42.9 Å². The van der Waals surface area contributed by atoms with Crippen molar-refractivity contribution in [3.63, 3.8) is 0 Å². The molecule has 0 aliphatic carbocycles. The minimum Gasteiger partial charge on any atom is -0.508 e. The number of fused-ring (bicyclic) bond motifs is 1. The number of hydrogen-bond donors (Lipinski definition) is 2. The van der Waals surface area contributed by atoms with E-state index >= 15 is 0 Å². The zero-order valence-electron chi connectivity index (χ0n) is 14.1. The Balaban J connectivity index is 2.17. The van der Waals surface area contributed by atoms with Gasteiger partial charge in [0.1, 0.15) is 17.2 Å². The van der Waals surface area contributed by atoms with Crippen LogP contribution in [0.25, 0.3) is 15.7 Å². The number of thiophene rings is 1. The number of allylic oxidation sites excluding steroid dienone is 5. The molecule has 0 aliphatic heterocycles. The molecule has 1 heterocycles. The maximum absolute atomic E-state index is 9.81. The molecule has 26 heavy (non-hydrogen) atoms. The normalized spacial score (nSPS) is 12.4. The van der Waals surface area contributed by atoms with Crippen molar-refractivity contribution in [2.45, 2.75) is 6.92 Å². The molecule has 132 valence electrons. The third-order valence-electron chi connectivity index (χ3n) is 3.66. The fourth-order valence-electron chi connectivity index (χ4n) is 2.43. The van der Waals surface area contributed by atoms with E-state index in [9.17, 15) is 10.2 Å². The number of phenols is 2. The fourth-order valence-corrected chi connectivity index (χ4v) is 3.74. The van der Waals surface area contributed by atoms with Crippen molar-refractivity contribution in [2.24, 2.45) is 0 Å². The Bertz CT molecular complexity index is 1010. The van der Waals surface area contributed by atoms with Gasteiger partial charge in [-0.25, -0.2) is 0 Å². The molecule has 1 aromatic heterocycles. The predicted octanol–water partition coefficient (Wildman–Crippen LogP) is 6.97. The second-order valence-electron chi connectivity index (χ2n) is 5.62. The third-order valence-corrected chi connectivity index (χ3v) is 5.11. The summed E-state index contributed by atoms with van der Waals surface area (Å²) in [7, 11) is 0. The van der Waals surface area contributed by atoms with Crippen molar-refractivity contribution in [3.8, 4) is 23.0 Å². The summed E-state index contributed by atoms with van der Waals surface area (Å²) in [5, 5.41) is 20.2. The summed E-state index contributed by atoms with van der Waals surface area (Å²) >= 11 is 4.95. The highest BCUT2D eigenvalue weighted by Crippen LogP contribution is 2.45. The summed E-state index contributed by atoms with van der Waals surface area (Å²) in [4.78, 5) is 0.915. The predicted molar refractivity (Wildman–Crippen MR) is 113 cm³/mol. The summed E-state index contributed by atoms with van der Waals surface area (Å²) in [5.41, 5.74) is 0.915. The van der Waals surface area contributed by atoms with Crippen LogP contribution in [0, 0.1) is 0 Å². The smallest absolute Gasteiger partial charge is 0.153 e. The van der Waals surface area contributed by atoms with E-state index in [-0.39, 0.29) is 11.5 Å². The van der Waals surface area contributed by atoms with E-state index < -0.39 is 0 Å². The molecule has 5 heteroatoms. The maximum Gasteiger partial charge on any atom is 0.153 e. The monoisotopic (exact) mass is 428 g/mol. The van der Waals surface area contributed by atoms with Gasteiger partial charge in [-0.1, -0.05) is 40.7 Å². The van der Waals surface area contributed by atoms with Crippen LogP contribution in [0.1, 0.15) is 11.8 Å². The first-order valence-electron chi connectivity index (χ1n) is 7.87. The lowest BCUT2D eigenvalue weighted by Gasteiger charge is -2.08. The first-order chi connectivity index (χ1) is 12.5. The largest absolute Gasteiger partial charge is 0.508 e. The first-order valence-corrected chi connectivity index (χ1v) is 9.48. The Hall–Kier alpha value is -2.50. The average molecular weight is 429 g/mol. The second kappa shape index (κ2) is 7.81. The lowest BCUT2D eigenvalue weighted by atomic mass is 10.1. The standard InChI is InChI=1S/C21H17BrO3S/c1-3-14(5-4-13(2)22)21-20(25-17-9-6-15(23)7-10-17)18-11-8-16(24)12-19(18)26-21/h3-12,23-24H,1H2,2H3/b13-4+,14-5+. The molecule has 2 N–H and O–H groups in total. The number of ether oxygens (including phenoxy) is 1. The molecule has 3 nitrogen and oxygen atoms in total. The molecule has 0 radical (unpaired) electrons. The summed E-state index contributed by atoms with van der Waals surface area (Å²) in [5.74, 6) is 1.71. The minimum atomic E-state index is 0.183. The molecule has 0 fully saturated rings. The highest BCUT2D eigenvalue weighted by Gasteiger charge is 2.17. The Morgan fingerprint density at radius 2 is 1.77 bits per heavy atom. The Morgan fingerprint density at radius 3 is 2.42 bits per heavy atom. The highest BCUT2D eigenvalue weighted by molar-refractivity contribution is 9.11. The number of phenolic OH excluding ortho intramolecular Hbond substituents is 2. The van der Waals surface area contributed by atoms with Gasteiger partial charge in [0.05, 0.1) is 4.88 Å². The number of rotatable bonds is 5. The molecule has 0 unspecified atom stereocenters. The molecule has 0 saturated carbocycles. The van der Waals surface area contributed by atoms with Gasteiger partial charge in [-0.2, -0.15) is 0 Å². The topological polar surface area (TPSA) is 49.7 Å². The van der Waals surface area contributed by atoms with Crippen LogP contribution in [-0.4, -0.2) is 10.2 Å². The van der Waals surface area contributed by atoms with E-state index in [0.717, 1.165) is 25.0 Å². The Labute approximate surface area is 164 Å². The SMILES string of the molecule is C=C/C(=C\C=C(/C)Br)c1sc2cc(O)ccc2c1Oc1ccc(O)cc1. The van der Waals surface area contributed by atoms with Crippen molar-refractivity contribution in [2.75, 3.05) is 0 Å². The van der Waals surface area contributed by atoms with Gasteiger partial charge in [0.15, 0.2) is 5.75 Å². The van der Waals surface area contributed by atoms with E-state index in [4.69, 9.17) is 4.74 Å². The molecule has 2 aromatic carbocycles. The molecule has 0 spiro atoms. The number of halogens is 1. The van der Waals surface area contributed by atoms with E-state index in [0.29, 0.717) is 11.5 Å². The van der Waals surface area contributed by atoms with E-state index in [1.54, 1.807) is 42.5 Å².